The minimum atomic E-state index is -0.486. The first-order chi connectivity index (χ1) is 18.5. The highest BCUT2D eigenvalue weighted by atomic mass is 32.1. The van der Waals surface area contributed by atoms with E-state index in [-0.39, 0.29) is 12.4 Å². The van der Waals surface area contributed by atoms with Crippen LogP contribution in [0.15, 0.2) is 59.6 Å². The molecule has 5 rings (SSSR count). The van der Waals surface area contributed by atoms with E-state index >= 15 is 0 Å². The highest BCUT2D eigenvalue weighted by molar-refractivity contribution is 7.15. The fraction of sp³-hybridized carbons (Fsp3) is 0.333. The van der Waals surface area contributed by atoms with Gasteiger partial charge in [-0.3, -0.25) is 14.4 Å². The number of ether oxygens (including phenoxy) is 1. The summed E-state index contributed by atoms with van der Waals surface area (Å²) in [5, 5.41) is 13.4. The quantitative estimate of drug-likeness (QED) is 0.209. The number of rotatable bonds is 9. The van der Waals surface area contributed by atoms with Crippen molar-refractivity contribution in [3.8, 4) is 5.00 Å². The van der Waals surface area contributed by atoms with Crippen molar-refractivity contribution in [3.63, 3.8) is 0 Å². The Morgan fingerprint density at radius 1 is 1.05 bits per heavy atom. The van der Waals surface area contributed by atoms with Crippen LogP contribution in [0, 0.1) is 20.8 Å². The number of aromatic nitrogens is 3. The van der Waals surface area contributed by atoms with Gasteiger partial charge in [-0.25, -0.2) is 0 Å². The lowest BCUT2D eigenvalue weighted by Crippen LogP contribution is -2.13. The normalized spacial score (nSPS) is 14.3. The standard InChI is InChI=1S/C30H33N5O2S/c1-5-37-26(36)18-25-29-34-33-21(4)35(29)30-27(19(2)20(3)38-30)28(32-25)23-13-15-24(16-14-23)31-17-9-12-22-10-7-6-8-11-22/h6-8,10-11,13-16,25,31H,5,9,12,17-18H2,1-4H3/t25-/m0/s1. The van der Waals surface area contributed by atoms with Gasteiger partial charge in [0.2, 0.25) is 0 Å². The van der Waals surface area contributed by atoms with E-state index in [1.807, 2.05) is 13.8 Å². The van der Waals surface area contributed by atoms with Crippen molar-refractivity contribution < 1.29 is 9.53 Å². The lowest BCUT2D eigenvalue weighted by Gasteiger charge is -2.13. The highest BCUT2D eigenvalue weighted by Gasteiger charge is 2.32. The molecule has 1 N–H and O–H groups in total. The summed E-state index contributed by atoms with van der Waals surface area (Å²) in [5.41, 5.74) is 6.57. The summed E-state index contributed by atoms with van der Waals surface area (Å²) < 4.78 is 7.33. The molecular formula is C30H33N5O2S. The summed E-state index contributed by atoms with van der Waals surface area (Å²) in [7, 11) is 0. The van der Waals surface area contributed by atoms with E-state index in [1.54, 1.807) is 11.3 Å². The van der Waals surface area contributed by atoms with Crippen molar-refractivity contribution >= 4 is 28.7 Å². The number of hydrogen-bond acceptors (Lipinski definition) is 7. The predicted octanol–water partition coefficient (Wildman–Crippen LogP) is 6.14. The van der Waals surface area contributed by atoms with Crippen molar-refractivity contribution in [2.24, 2.45) is 4.99 Å². The maximum Gasteiger partial charge on any atom is 0.308 e. The Morgan fingerprint density at radius 3 is 2.55 bits per heavy atom. The largest absolute Gasteiger partial charge is 0.466 e. The summed E-state index contributed by atoms with van der Waals surface area (Å²) in [4.78, 5) is 18.9. The molecule has 1 aliphatic heterocycles. The Morgan fingerprint density at radius 2 is 1.82 bits per heavy atom. The minimum absolute atomic E-state index is 0.115. The van der Waals surface area contributed by atoms with Crippen molar-refractivity contribution in [2.75, 3.05) is 18.5 Å². The summed E-state index contributed by atoms with van der Waals surface area (Å²) >= 11 is 1.71. The molecular weight excluding hydrogens is 494 g/mol. The van der Waals surface area contributed by atoms with Gasteiger partial charge in [-0.2, -0.15) is 0 Å². The lowest BCUT2D eigenvalue weighted by atomic mass is 9.99. The average Bonchev–Trinajstić information content (AvgIpc) is 3.40. The number of fused-ring (bicyclic) bond motifs is 3. The van der Waals surface area contributed by atoms with Crippen LogP contribution in [0.5, 0.6) is 0 Å². The molecule has 3 heterocycles. The van der Waals surface area contributed by atoms with Gasteiger partial charge >= 0.3 is 5.97 Å². The Balaban J connectivity index is 1.43. The second-order valence-corrected chi connectivity index (χ2v) is 10.7. The molecule has 1 atom stereocenters. The summed E-state index contributed by atoms with van der Waals surface area (Å²) in [6, 6.07) is 18.5. The van der Waals surface area contributed by atoms with E-state index in [0.717, 1.165) is 52.7 Å². The highest BCUT2D eigenvalue weighted by Crippen LogP contribution is 2.39. The van der Waals surface area contributed by atoms with Crippen LogP contribution in [0.2, 0.25) is 0 Å². The third-order valence-corrected chi connectivity index (χ3v) is 8.07. The van der Waals surface area contributed by atoms with Crippen molar-refractivity contribution in [3.05, 3.63) is 93.4 Å². The van der Waals surface area contributed by atoms with Crippen LogP contribution in [-0.4, -0.2) is 39.6 Å². The first-order valence-electron chi connectivity index (χ1n) is 13.1. The van der Waals surface area contributed by atoms with Gasteiger partial charge in [0.15, 0.2) is 5.82 Å². The van der Waals surface area contributed by atoms with Crippen LogP contribution in [0.3, 0.4) is 0 Å². The maximum atomic E-state index is 12.5. The molecule has 0 aliphatic carbocycles. The van der Waals surface area contributed by atoms with E-state index < -0.39 is 6.04 Å². The van der Waals surface area contributed by atoms with E-state index in [4.69, 9.17) is 9.73 Å². The molecule has 196 valence electrons. The van der Waals surface area contributed by atoms with Crippen LogP contribution in [0.25, 0.3) is 5.00 Å². The van der Waals surface area contributed by atoms with Crippen LogP contribution >= 0.6 is 11.3 Å². The monoisotopic (exact) mass is 527 g/mol. The van der Waals surface area contributed by atoms with Crippen LogP contribution in [-0.2, 0) is 16.0 Å². The molecule has 38 heavy (non-hydrogen) atoms. The Kier molecular flexibility index (Phi) is 7.69. The van der Waals surface area contributed by atoms with Gasteiger partial charge in [0.05, 0.1) is 18.7 Å². The molecule has 0 bridgehead atoms. The number of benzene rings is 2. The number of aryl methyl sites for hydroxylation is 3. The van der Waals surface area contributed by atoms with Crippen LogP contribution < -0.4 is 5.32 Å². The van der Waals surface area contributed by atoms with Gasteiger partial charge in [-0.15, -0.1) is 21.5 Å². The molecule has 8 heteroatoms. The molecule has 7 nitrogen and oxygen atoms in total. The molecule has 4 aromatic rings. The Labute approximate surface area is 227 Å². The molecule has 1 aliphatic rings. The number of hydrogen-bond donors (Lipinski definition) is 1. The second kappa shape index (κ2) is 11.3. The Bertz CT molecular complexity index is 1450. The number of anilines is 1. The lowest BCUT2D eigenvalue weighted by molar-refractivity contribution is -0.143. The van der Waals surface area contributed by atoms with Gasteiger partial charge < -0.3 is 10.1 Å². The molecule has 0 saturated heterocycles. The molecule has 2 aromatic heterocycles. The van der Waals surface area contributed by atoms with Crippen molar-refractivity contribution in [2.45, 2.75) is 53.0 Å². The number of esters is 1. The van der Waals surface area contributed by atoms with E-state index in [9.17, 15) is 4.79 Å². The molecule has 0 unspecified atom stereocenters. The van der Waals surface area contributed by atoms with E-state index in [1.165, 1.54) is 16.0 Å². The number of carbonyl (C=O) groups excluding carboxylic acids is 1. The number of aliphatic imine (C=N–C) groups is 1. The topological polar surface area (TPSA) is 81.4 Å². The molecule has 2 aromatic carbocycles. The van der Waals surface area contributed by atoms with Gasteiger partial charge in [0.25, 0.3) is 0 Å². The van der Waals surface area contributed by atoms with E-state index in [0.29, 0.717) is 12.4 Å². The smallest absolute Gasteiger partial charge is 0.308 e. The number of thiophene rings is 1. The molecule has 0 spiro atoms. The Hall–Kier alpha value is -3.78. The van der Waals surface area contributed by atoms with Crippen LogP contribution in [0.4, 0.5) is 5.69 Å². The summed E-state index contributed by atoms with van der Waals surface area (Å²) in [6.45, 7) is 9.25. The predicted molar refractivity (Wildman–Crippen MR) is 153 cm³/mol. The number of nitrogens with one attached hydrogen (secondary N) is 1. The van der Waals surface area contributed by atoms with Gasteiger partial charge in [-0.1, -0.05) is 42.5 Å². The summed E-state index contributed by atoms with van der Waals surface area (Å²) in [6.07, 6.45) is 2.22. The SMILES string of the molecule is CCOC(=O)C[C@@H]1N=C(c2ccc(NCCCc3ccccc3)cc2)c2c(sc(C)c2C)-n2c(C)nnc21. The minimum Gasteiger partial charge on any atom is -0.466 e. The number of nitrogens with zero attached hydrogens (tertiary/aromatic N) is 4. The number of carbonyl (C=O) groups is 1. The van der Waals surface area contributed by atoms with E-state index in [2.05, 4.69) is 88.5 Å². The fourth-order valence-corrected chi connectivity index (χ4v) is 6.03. The maximum absolute atomic E-state index is 12.5. The molecule has 0 amide bonds. The third-order valence-electron chi connectivity index (χ3n) is 6.88. The average molecular weight is 528 g/mol. The first-order valence-corrected chi connectivity index (χ1v) is 13.9. The molecule has 0 radical (unpaired) electrons. The van der Waals surface area contributed by atoms with Gasteiger partial charge in [0, 0.05) is 28.2 Å². The van der Waals surface area contributed by atoms with Crippen molar-refractivity contribution in [1.29, 1.82) is 0 Å². The van der Waals surface area contributed by atoms with Crippen LogP contribution in [0.1, 0.15) is 64.6 Å². The van der Waals surface area contributed by atoms with Gasteiger partial charge in [0.1, 0.15) is 16.9 Å². The fourth-order valence-electron chi connectivity index (χ4n) is 4.82. The second-order valence-electron chi connectivity index (χ2n) is 9.50. The molecule has 0 fully saturated rings. The first kappa shape index (κ1) is 25.9. The zero-order valence-electron chi connectivity index (χ0n) is 22.3. The molecule has 0 saturated carbocycles. The zero-order valence-corrected chi connectivity index (χ0v) is 23.1. The van der Waals surface area contributed by atoms with Gasteiger partial charge in [-0.05, 0) is 63.8 Å². The summed E-state index contributed by atoms with van der Waals surface area (Å²) in [5.74, 6) is 1.16. The third kappa shape index (κ3) is 5.27. The van der Waals surface area contributed by atoms with Crippen molar-refractivity contribution in [1.82, 2.24) is 14.8 Å². The zero-order chi connectivity index (χ0) is 26.6.